The van der Waals surface area contributed by atoms with Crippen molar-refractivity contribution in [1.29, 1.82) is 0 Å². The highest BCUT2D eigenvalue weighted by atomic mass is 32.2. The van der Waals surface area contributed by atoms with Crippen molar-refractivity contribution in [3.63, 3.8) is 0 Å². The van der Waals surface area contributed by atoms with E-state index >= 15 is 0 Å². The van der Waals surface area contributed by atoms with Crippen molar-refractivity contribution in [2.75, 3.05) is 17.2 Å². The quantitative estimate of drug-likeness (QED) is 0.632. The first kappa shape index (κ1) is 18.9. The first-order valence-corrected chi connectivity index (χ1v) is 10.4. The standard InChI is InChI=1S/C22H16F2N2O3S/c23-16-8-7-14(12-17(16)24)13-25-18-5-2-1-4-15(18)22(21(25)28)26(9-11-30-22)20(27)19-6-3-10-29-19/h1-8,10,12H,9,11,13H2/t22-/m0/s1. The molecule has 3 aromatic rings. The van der Waals surface area contributed by atoms with E-state index in [9.17, 15) is 18.4 Å². The second-order valence-corrected chi connectivity index (χ2v) is 8.37. The maximum absolute atomic E-state index is 13.7. The van der Waals surface area contributed by atoms with E-state index in [1.165, 1.54) is 29.0 Å². The topological polar surface area (TPSA) is 53.8 Å². The average molecular weight is 426 g/mol. The van der Waals surface area contributed by atoms with E-state index in [1.807, 2.05) is 18.2 Å². The van der Waals surface area contributed by atoms with Crippen molar-refractivity contribution < 1.29 is 22.8 Å². The van der Waals surface area contributed by atoms with Crippen LogP contribution in [0.15, 0.2) is 65.3 Å². The Morgan fingerprint density at radius 3 is 2.70 bits per heavy atom. The summed E-state index contributed by atoms with van der Waals surface area (Å²) in [7, 11) is 0. The van der Waals surface area contributed by atoms with Crippen molar-refractivity contribution in [1.82, 2.24) is 4.90 Å². The fourth-order valence-corrected chi connectivity index (χ4v) is 5.54. The minimum Gasteiger partial charge on any atom is -0.459 e. The van der Waals surface area contributed by atoms with Crippen molar-refractivity contribution >= 4 is 29.3 Å². The summed E-state index contributed by atoms with van der Waals surface area (Å²) in [5.74, 6) is -1.79. The number of thioether (sulfide) groups is 1. The van der Waals surface area contributed by atoms with Crippen LogP contribution in [-0.2, 0) is 16.2 Å². The molecular weight excluding hydrogens is 410 g/mol. The molecule has 0 aliphatic carbocycles. The highest BCUT2D eigenvalue weighted by Gasteiger charge is 2.59. The zero-order valence-corrected chi connectivity index (χ0v) is 16.5. The number of benzene rings is 2. The van der Waals surface area contributed by atoms with Gasteiger partial charge in [0.15, 0.2) is 22.3 Å². The molecule has 1 atom stereocenters. The smallest absolute Gasteiger partial charge is 0.291 e. The van der Waals surface area contributed by atoms with Gasteiger partial charge in [0.05, 0.1) is 18.5 Å². The Kier molecular flexibility index (Phi) is 4.39. The van der Waals surface area contributed by atoms with E-state index < -0.39 is 16.5 Å². The van der Waals surface area contributed by atoms with Crippen LogP contribution in [0.4, 0.5) is 14.5 Å². The van der Waals surface area contributed by atoms with E-state index in [2.05, 4.69) is 0 Å². The van der Waals surface area contributed by atoms with Crippen molar-refractivity contribution in [3.05, 3.63) is 89.4 Å². The van der Waals surface area contributed by atoms with Crippen molar-refractivity contribution in [2.45, 2.75) is 11.4 Å². The first-order valence-electron chi connectivity index (χ1n) is 9.37. The fraction of sp³-hybridized carbons (Fsp3) is 0.182. The molecule has 5 nitrogen and oxygen atoms in total. The van der Waals surface area contributed by atoms with Crippen LogP contribution in [0.25, 0.3) is 0 Å². The van der Waals surface area contributed by atoms with Gasteiger partial charge in [0, 0.05) is 17.9 Å². The lowest BCUT2D eigenvalue weighted by atomic mass is 10.1. The maximum Gasteiger partial charge on any atom is 0.291 e. The van der Waals surface area contributed by atoms with Gasteiger partial charge in [-0.25, -0.2) is 8.78 Å². The van der Waals surface area contributed by atoms with Gasteiger partial charge in [-0.3, -0.25) is 9.59 Å². The lowest BCUT2D eigenvalue weighted by molar-refractivity contribution is -0.123. The van der Waals surface area contributed by atoms with Crippen LogP contribution in [0.2, 0.25) is 0 Å². The molecule has 2 aliphatic heterocycles. The molecule has 152 valence electrons. The second-order valence-electron chi connectivity index (χ2n) is 7.08. The summed E-state index contributed by atoms with van der Waals surface area (Å²) < 4.78 is 32.3. The van der Waals surface area contributed by atoms with Gasteiger partial charge < -0.3 is 14.2 Å². The molecule has 2 aliphatic rings. The SMILES string of the molecule is O=C(c1ccco1)N1CCS[C@@]12C(=O)N(Cc1ccc(F)c(F)c1)c1ccccc12. The Morgan fingerprint density at radius 1 is 1.10 bits per heavy atom. The van der Waals surface area contributed by atoms with Crippen molar-refractivity contribution in [2.24, 2.45) is 0 Å². The minimum absolute atomic E-state index is 0.0676. The van der Waals surface area contributed by atoms with Crippen LogP contribution >= 0.6 is 11.8 Å². The van der Waals surface area contributed by atoms with Gasteiger partial charge in [-0.15, -0.1) is 11.8 Å². The molecule has 1 spiro atoms. The molecule has 2 amide bonds. The van der Waals surface area contributed by atoms with Crippen LogP contribution in [0.1, 0.15) is 21.7 Å². The summed E-state index contributed by atoms with van der Waals surface area (Å²) in [6, 6.07) is 14.0. The largest absolute Gasteiger partial charge is 0.459 e. The molecule has 2 aromatic carbocycles. The Balaban J connectivity index is 1.57. The highest BCUT2D eigenvalue weighted by molar-refractivity contribution is 8.01. The number of carbonyl (C=O) groups excluding carboxylic acids is 2. The van der Waals surface area contributed by atoms with Gasteiger partial charge in [-0.2, -0.15) is 0 Å². The predicted octanol–water partition coefficient (Wildman–Crippen LogP) is 4.15. The Labute approximate surface area is 175 Å². The molecular formula is C22H16F2N2O3S. The molecule has 0 unspecified atom stereocenters. The molecule has 1 aromatic heterocycles. The monoisotopic (exact) mass is 426 g/mol. The number of carbonyl (C=O) groups is 2. The number of hydrogen-bond donors (Lipinski definition) is 0. The van der Waals surface area contributed by atoms with E-state index in [0.717, 1.165) is 12.1 Å². The number of furan rings is 1. The van der Waals surface area contributed by atoms with E-state index in [-0.39, 0.29) is 24.1 Å². The third-order valence-electron chi connectivity index (χ3n) is 5.40. The Bertz CT molecular complexity index is 1150. The molecule has 0 saturated carbocycles. The lowest BCUT2D eigenvalue weighted by Gasteiger charge is -2.32. The van der Waals surface area contributed by atoms with Crippen molar-refractivity contribution in [3.8, 4) is 0 Å². The molecule has 5 rings (SSSR count). The molecule has 0 N–H and O–H groups in total. The van der Waals surface area contributed by atoms with Crippen LogP contribution in [-0.4, -0.2) is 29.0 Å². The fourth-order valence-electron chi connectivity index (χ4n) is 4.08. The number of fused-ring (bicyclic) bond motifs is 2. The summed E-state index contributed by atoms with van der Waals surface area (Å²) in [5.41, 5.74) is 1.82. The van der Waals surface area contributed by atoms with Gasteiger partial charge in [0.1, 0.15) is 0 Å². The number of anilines is 1. The summed E-state index contributed by atoms with van der Waals surface area (Å²) >= 11 is 1.39. The molecule has 8 heteroatoms. The predicted molar refractivity (Wildman–Crippen MR) is 108 cm³/mol. The second kappa shape index (κ2) is 6.98. The van der Waals surface area contributed by atoms with Gasteiger partial charge >= 0.3 is 0 Å². The zero-order valence-electron chi connectivity index (χ0n) is 15.7. The third kappa shape index (κ3) is 2.67. The zero-order chi connectivity index (χ0) is 20.9. The van der Waals surface area contributed by atoms with Crippen LogP contribution in [0, 0.1) is 11.6 Å². The third-order valence-corrected chi connectivity index (χ3v) is 6.82. The number of nitrogens with zero attached hydrogens (tertiary/aromatic N) is 2. The Hall–Kier alpha value is -3.13. The molecule has 0 bridgehead atoms. The lowest BCUT2D eigenvalue weighted by Crippen LogP contribution is -2.50. The first-order chi connectivity index (χ1) is 14.5. The Morgan fingerprint density at radius 2 is 1.93 bits per heavy atom. The molecule has 30 heavy (non-hydrogen) atoms. The number of para-hydroxylation sites is 1. The van der Waals surface area contributed by atoms with Crippen LogP contribution < -0.4 is 4.90 Å². The van der Waals surface area contributed by atoms with E-state index in [0.29, 0.717) is 29.1 Å². The van der Waals surface area contributed by atoms with Gasteiger partial charge in [-0.05, 0) is 35.9 Å². The van der Waals surface area contributed by atoms with Crippen LogP contribution in [0.5, 0.6) is 0 Å². The summed E-state index contributed by atoms with van der Waals surface area (Å²) in [6.45, 7) is 0.460. The number of hydrogen-bond acceptors (Lipinski definition) is 4. The summed E-state index contributed by atoms with van der Waals surface area (Å²) in [4.78, 5) is 28.7. The normalized spacial score (nSPS) is 20.3. The van der Waals surface area contributed by atoms with E-state index in [1.54, 1.807) is 23.1 Å². The molecule has 1 fully saturated rings. The van der Waals surface area contributed by atoms with Gasteiger partial charge in [0.2, 0.25) is 0 Å². The van der Waals surface area contributed by atoms with Gasteiger partial charge in [0.25, 0.3) is 11.8 Å². The van der Waals surface area contributed by atoms with Crippen LogP contribution in [0.3, 0.4) is 0 Å². The number of amides is 2. The molecule has 3 heterocycles. The summed E-state index contributed by atoms with van der Waals surface area (Å²) in [5, 5.41) is 0. The minimum atomic E-state index is -1.21. The highest BCUT2D eigenvalue weighted by Crippen LogP contribution is 2.54. The number of halogens is 2. The summed E-state index contributed by atoms with van der Waals surface area (Å²) in [6.07, 6.45) is 1.42. The van der Waals surface area contributed by atoms with E-state index in [4.69, 9.17) is 4.42 Å². The average Bonchev–Trinajstić information content (AvgIpc) is 3.48. The molecule has 0 radical (unpaired) electrons. The number of rotatable bonds is 3. The van der Waals surface area contributed by atoms with Gasteiger partial charge in [-0.1, -0.05) is 24.3 Å². The molecule has 1 saturated heterocycles. The maximum atomic E-state index is 13.7.